The van der Waals surface area contributed by atoms with Crippen LogP contribution in [-0.4, -0.2) is 6.88 Å². The summed E-state index contributed by atoms with van der Waals surface area (Å²) in [6.45, 7) is 11.7. The molecule has 0 aliphatic heterocycles. The number of benzene rings is 4. The average molecular weight is 562 g/mol. The van der Waals surface area contributed by atoms with E-state index in [-0.39, 0.29) is 14.9 Å². The summed E-state index contributed by atoms with van der Waals surface area (Å²) < 4.78 is 0. The van der Waals surface area contributed by atoms with Crippen molar-refractivity contribution >= 4 is 39.2 Å². The third kappa shape index (κ3) is 5.93. The van der Waals surface area contributed by atoms with Gasteiger partial charge in [-0.2, -0.15) is 11.1 Å². The smallest absolute Gasteiger partial charge is 0.0178 e. The van der Waals surface area contributed by atoms with Crippen LogP contribution < -0.4 is 0 Å². The Labute approximate surface area is 234 Å². The molecule has 1 unspecified atom stereocenters. The molecule has 182 valence electrons. The van der Waals surface area contributed by atoms with E-state index < -0.39 is 0 Å². The Morgan fingerprint density at radius 2 is 1.33 bits per heavy atom. The molecule has 0 saturated heterocycles. The third-order valence-electron chi connectivity index (χ3n) is 6.95. The molecule has 0 N–H and O–H groups in total. The molecular formula is C34H34SiZr-4. The first-order valence-electron chi connectivity index (χ1n) is 11.6. The third-order valence-corrected chi connectivity index (χ3v) is 6.95. The number of fused-ring (bicyclic) bond motifs is 3. The molecule has 1 atom stereocenters. The van der Waals surface area contributed by atoms with Gasteiger partial charge in [0.1, 0.15) is 0 Å². The fourth-order valence-corrected chi connectivity index (χ4v) is 4.75. The molecule has 1 aliphatic rings. The van der Waals surface area contributed by atoms with Crippen molar-refractivity contribution in [2.75, 3.05) is 0 Å². The minimum absolute atomic E-state index is 0. The molecule has 5 aromatic rings. The molecule has 0 saturated carbocycles. The van der Waals surface area contributed by atoms with Gasteiger partial charge < -0.3 is 14.9 Å². The van der Waals surface area contributed by atoms with Crippen molar-refractivity contribution in [2.45, 2.75) is 27.7 Å². The van der Waals surface area contributed by atoms with Gasteiger partial charge in [-0.1, -0.05) is 80.8 Å². The monoisotopic (exact) mass is 560 g/mol. The molecule has 2 radical (unpaired) electrons. The van der Waals surface area contributed by atoms with Crippen LogP contribution in [0.15, 0.2) is 108 Å². The number of hydrogen-bond acceptors (Lipinski definition) is 0. The summed E-state index contributed by atoms with van der Waals surface area (Å²) >= 11 is 1.36. The zero-order valence-electron chi connectivity index (χ0n) is 22.2. The van der Waals surface area contributed by atoms with Gasteiger partial charge in [0.05, 0.1) is 0 Å². The normalized spacial score (nSPS) is 14.2. The van der Waals surface area contributed by atoms with Gasteiger partial charge >= 0.3 is 30.2 Å². The topological polar surface area (TPSA) is 0 Å². The predicted molar refractivity (Wildman–Crippen MR) is 159 cm³/mol. The predicted octanol–water partition coefficient (Wildman–Crippen LogP) is 9.77. The first-order chi connectivity index (χ1) is 16.5. The molecule has 0 spiro atoms. The van der Waals surface area contributed by atoms with Crippen molar-refractivity contribution in [3.05, 3.63) is 129 Å². The Hall–Kier alpha value is -2.41. The van der Waals surface area contributed by atoms with Crippen molar-refractivity contribution in [1.82, 2.24) is 0 Å². The molecule has 5 aromatic carbocycles. The maximum Gasteiger partial charge on any atom is -0.0178 e. The number of hydrogen-bond donors (Lipinski definition) is 0. The van der Waals surface area contributed by atoms with Gasteiger partial charge in [0.25, 0.3) is 0 Å². The molecule has 0 bridgehead atoms. The summed E-state index contributed by atoms with van der Waals surface area (Å²) in [5, 5.41) is 7.84. The zero-order valence-corrected chi connectivity index (χ0v) is 25.7. The molecule has 0 nitrogen and oxygen atoms in total. The van der Waals surface area contributed by atoms with Crippen LogP contribution in [0.4, 0.5) is 0 Å². The molecule has 0 aromatic heterocycles. The summed E-state index contributed by atoms with van der Waals surface area (Å²) in [5.74, 6) is 0.560. The van der Waals surface area contributed by atoms with Crippen LogP contribution in [0.2, 0.25) is 0 Å². The second-order valence-electron chi connectivity index (χ2n) is 8.86. The van der Waals surface area contributed by atoms with Crippen LogP contribution in [0.1, 0.15) is 27.7 Å². The van der Waals surface area contributed by atoms with E-state index in [1.54, 1.807) is 0 Å². The van der Waals surface area contributed by atoms with Gasteiger partial charge in [0.2, 0.25) is 0 Å². The van der Waals surface area contributed by atoms with Crippen LogP contribution in [0.3, 0.4) is 0 Å². The minimum Gasteiger partial charge on any atom is -0.150 e. The summed E-state index contributed by atoms with van der Waals surface area (Å²) in [4.78, 5) is 0. The van der Waals surface area contributed by atoms with Gasteiger partial charge in [-0.25, -0.2) is 5.57 Å². The fourth-order valence-electron chi connectivity index (χ4n) is 4.75. The Kier molecular flexibility index (Phi) is 11.0. The summed E-state index contributed by atoms with van der Waals surface area (Å²) in [5.41, 5.74) is 6.88. The Morgan fingerprint density at radius 3 is 1.94 bits per heavy atom. The molecular weight excluding hydrogens is 528 g/mol. The van der Waals surface area contributed by atoms with E-state index in [0.29, 0.717) is 5.92 Å². The maximum atomic E-state index is 3.36. The van der Waals surface area contributed by atoms with Crippen molar-refractivity contribution in [2.24, 2.45) is 5.92 Å². The minimum atomic E-state index is 0. The molecule has 36 heavy (non-hydrogen) atoms. The van der Waals surface area contributed by atoms with Crippen molar-refractivity contribution in [1.29, 1.82) is 0 Å². The van der Waals surface area contributed by atoms with E-state index in [0.717, 1.165) is 0 Å². The van der Waals surface area contributed by atoms with E-state index in [4.69, 9.17) is 0 Å². The van der Waals surface area contributed by atoms with E-state index in [9.17, 15) is 0 Å². The summed E-state index contributed by atoms with van der Waals surface area (Å²) in [7, 11) is 0. The first-order valence-corrected chi connectivity index (χ1v) is 15.8. The standard InChI is InChI=1S/C23H15.C9H13.2CH3.Si.Zr/c1-2-8-18-15-23-19(14-17(18)7-1)9-5-11-21(23)22-13-12-16-6-3-4-10-20(16)22;1-6-5-7(2)9(4)8(6)3;;;;/h1-15H;6H,1-4H3;2*1H3;;/q4*-1;;. The van der Waals surface area contributed by atoms with E-state index in [2.05, 4.69) is 132 Å². The molecule has 0 heterocycles. The first kappa shape index (κ1) is 29.8. The number of allylic oxidation sites excluding steroid dienone is 4. The molecule has 6 rings (SSSR count). The van der Waals surface area contributed by atoms with Gasteiger partial charge in [-0.3, -0.25) is 6.08 Å². The summed E-state index contributed by atoms with van der Waals surface area (Å²) in [6, 6.07) is 32.9. The molecule has 0 fully saturated rings. The Bertz CT molecular complexity index is 1530. The second-order valence-corrected chi connectivity index (χ2v) is 8.86. The van der Waals surface area contributed by atoms with Gasteiger partial charge in [-0.15, -0.1) is 53.6 Å². The van der Waals surface area contributed by atoms with Crippen molar-refractivity contribution < 1.29 is 23.3 Å². The van der Waals surface area contributed by atoms with E-state index in [1.165, 1.54) is 83.5 Å². The van der Waals surface area contributed by atoms with Crippen molar-refractivity contribution in [3.63, 3.8) is 0 Å². The number of rotatable bonds is 1. The Balaban J connectivity index is 0.000000301. The maximum absolute atomic E-state index is 3.36. The second kappa shape index (κ2) is 13.2. The Morgan fingerprint density at radius 1 is 0.722 bits per heavy atom. The largest absolute Gasteiger partial charge is 0.150 e. The quantitative estimate of drug-likeness (QED) is 0.109. The van der Waals surface area contributed by atoms with Gasteiger partial charge in [0, 0.05) is 0 Å². The molecule has 0 amide bonds. The fraction of sp³-hybridized carbons (Fsp3) is 0.147. The van der Waals surface area contributed by atoms with Crippen LogP contribution in [0.5, 0.6) is 0 Å². The van der Waals surface area contributed by atoms with Gasteiger partial charge in [-0.05, 0) is 33.7 Å². The SMILES string of the molecule is CC1=[C-]C(C)C(C)=C1C.[CH3-].[CH3-].[Si]=[Zr].c1ccc2cc3c(-c4c[cH-]c5ccccc45)cccc3cc2c1. The zero-order chi connectivity index (χ0) is 24.2. The van der Waals surface area contributed by atoms with E-state index >= 15 is 0 Å². The van der Waals surface area contributed by atoms with Crippen LogP contribution in [-0.2, 0) is 23.3 Å². The van der Waals surface area contributed by atoms with Crippen LogP contribution in [0.25, 0.3) is 43.4 Å². The summed E-state index contributed by atoms with van der Waals surface area (Å²) in [6.07, 6.45) is 3.36. The van der Waals surface area contributed by atoms with E-state index in [1.807, 2.05) is 0 Å². The van der Waals surface area contributed by atoms with Crippen LogP contribution in [0, 0.1) is 26.8 Å². The molecule has 1 aliphatic carbocycles. The molecule has 2 heteroatoms. The average Bonchev–Trinajstić information content (AvgIpc) is 3.40. The van der Waals surface area contributed by atoms with Gasteiger partial charge in [0.15, 0.2) is 0 Å². The van der Waals surface area contributed by atoms with Crippen molar-refractivity contribution in [3.8, 4) is 11.1 Å². The van der Waals surface area contributed by atoms with Crippen LogP contribution >= 0.6 is 0 Å².